The van der Waals surface area contributed by atoms with Crippen LogP contribution in [0.2, 0.25) is 0 Å². The van der Waals surface area contributed by atoms with Crippen LogP contribution in [0, 0.1) is 5.92 Å². The fourth-order valence-electron chi connectivity index (χ4n) is 2.11. The molecule has 1 aromatic heterocycles. The number of pyridine rings is 1. The molecule has 0 saturated heterocycles. The van der Waals surface area contributed by atoms with Crippen LogP contribution in [0.4, 0.5) is 5.69 Å². The fraction of sp³-hybridized carbons (Fsp3) is 0.316. The Kier molecular flexibility index (Phi) is 11.8. The quantitative estimate of drug-likeness (QED) is 0.598. The molecule has 2 aromatic rings. The van der Waals surface area contributed by atoms with Crippen LogP contribution < -0.4 is 21.1 Å². The first kappa shape index (κ1) is 25.7. The lowest BCUT2D eigenvalue weighted by Crippen LogP contribution is -2.46. The van der Waals surface area contributed by atoms with Gasteiger partial charge in [0.2, 0.25) is 11.8 Å². The van der Waals surface area contributed by atoms with Gasteiger partial charge in [-0.2, -0.15) is 0 Å². The Balaban J connectivity index is 0.00000364. The highest BCUT2D eigenvalue weighted by Gasteiger charge is 2.17. The highest BCUT2D eigenvalue weighted by Crippen LogP contribution is 2.18. The number of nitrogens with zero attached hydrogens (tertiary/aromatic N) is 1. The van der Waals surface area contributed by atoms with Crippen molar-refractivity contribution in [2.75, 3.05) is 11.9 Å². The summed E-state index contributed by atoms with van der Waals surface area (Å²) in [6.45, 7) is 3.94. The molecular formula is C19H26Cl2N4O3. The van der Waals surface area contributed by atoms with Crippen LogP contribution in [0.3, 0.4) is 0 Å². The molecule has 4 N–H and O–H groups in total. The van der Waals surface area contributed by atoms with Gasteiger partial charge in [-0.1, -0.05) is 26.0 Å². The van der Waals surface area contributed by atoms with Crippen molar-refractivity contribution in [3.05, 3.63) is 54.4 Å². The predicted octanol–water partition coefficient (Wildman–Crippen LogP) is 2.54. The van der Waals surface area contributed by atoms with E-state index >= 15 is 0 Å². The minimum absolute atomic E-state index is 0. The number of hydrogen-bond donors (Lipinski definition) is 3. The van der Waals surface area contributed by atoms with Crippen LogP contribution in [-0.2, 0) is 16.2 Å². The van der Waals surface area contributed by atoms with Crippen LogP contribution in [0.1, 0.15) is 19.4 Å². The molecule has 1 heterocycles. The molecule has 9 heteroatoms. The molecule has 7 nitrogen and oxygen atoms in total. The molecule has 0 saturated carbocycles. The zero-order valence-corrected chi connectivity index (χ0v) is 17.4. The van der Waals surface area contributed by atoms with E-state index in [-0.39, 0.29) is 49.1 Å². The van der Waals surface area contributed by atoms with E-state index in [0.717, 1.165) is 5.56 Å². The number of halogens is 2. The lowest BCUT2D eigenvalue weighted by Gasteiger charge is -2.15. The third-order valence-corrected chi connectivity index (χ3v) is 3.69. The lowest BCUT2D eigenvalue weighted by atomic mass is 10.1. The van der Waals surface area contributed by atoms with Gasteiger partial charge in [0, 0.05) is 29.7 Å². The molecule has 0 radical (unpaired) electrons. The molecule has 0 fully saturated rings. The summed E-state index contributed by atoms with van der Waals surface area (Å²) in [5.41, 5.74) is 7.27. The van der Waals surface area contributed by atoms with Crippen molar-refractivity contribution >= 4 is 42.3 Å². The minimum Gasteiger partial charge on any atom is -0.489 e. The second kappa shape index (κ2) is 12.9. The van der Waals surface area contributed by atoms with Gasteiger partial charge in [0.15, 0.2) is 0 Å². The molecule has 2 rings (SSSR count). The number of nitrogens with one attached hydrogen (secondary N) is 2. The third kappa shape index (κ3) is 8.56. The molecular weight excluding hydrogens is 403 g/mol. The maximum Gasteiger partial charge on any atom is 0.243 e. The van der Waals surface area contributed by atoms with E-state index < -0.39 is 6.04 Å². The number of carbonyl (C=O) groups excluding carboxylic acids is 2. The van der Waals surface area contributed by atoms with Gasteiger partial charge in [-0.25, -0.2) is 0 Å². The Morgan fingerprint density at radius 3 is 2.57 bits per heavy atom. The van der Waals surface area contributed by atoms with Crippen molar-refractivity contribution in [1.29, 1.82) is 0 Å². The van der Waals surface area contributed by atoms with Crippen LogP contribution in [0.5, 0.6) is 5.75 Å². The Morgan fingerprint density at radius 2 is 1.93 bits per heavy atom. The van der Waals surface area contributed by atoms with Crippen LogP contribution in [0.15, 0.2) is 48.8 Å². The summed E-state index contributed by atoms with van der Waals surface area (Å²) >= 11 is 0. The van der Waals surface area contributed by atoms with Gasteiger partial charge in [-0.05, 0) is 24.1 Å². The van der Waals surface area contributed by atoms with E-state index in [1.807, 2.05) is 26.0 Å². The van der Waals surface area contributed by atoms with Gasteiger partial charge in [-0.15, -0.1) is 24.8 Å². The first-order chi connectivity index (χ1) is 12.5. The Hall–Kier alpha value is -2.35. The Morgan fingerprint density at radius 1 is 1.18 bits per heavy atom. The summed E-state index contributed by atoms with van der Waals surface area (Å²) in [6, 6.07) is 10.2. The van der Waals surface area contributed by atoms with Gasteiger partial charge in [-0.3, -0.25) is 14.6 Å². The molecule has 28 heavy (non-hydrogen) atoms. The van der Waals surface area contributed by atoms with Gasteiger partial charge in [0.25, 0.3) is 0 Å². The predicted molar refractivity (Wildman–Crippen MR) is 114 cm³/mol. The highest BCUT2D eigenvalue weighted by molar-refractivity contribution is 5.95. The van der Waals surface area contributed by atoms with Gasteiger partial charge < -0.3 is 21.1 Å². The number of ether oxygens (including phenoxy) is 1. The van der Waals surface area contributed by atoms with Crippen molar-refractivity contribution < 1.29 is 14.3 Å². The molecule has 0 unspecified atom stereocenters. The van der Waals surface area contributed by atoms with Crippen molar-refractivity contribution in [3.8, 4) is 5.75 Å². The second-order valence-corrected chi connectivity index (χ2v) is 6.21. The summed E-state index contributed by atoms with van der Waals surface area (Å²) in [7, 11) is 0. The first-order valence-corrected chi connectivity index (χ1v) is 8.40. The molecule has 0 aliphatic heterocycles. The molecule has 0 bridgehead atoms. The van der Waals surface area contributed by atoms with Gasteiger partial charge in [0.05, 0.1) is 12.6 Å². The number of benzene rings is 1. The Bertz CT molecular complexity index is 745. The van der Waals surface area contributed by atoms with E-state index in [2.05, 4.69) is 15.6 Å². The minimum atomic E-state index is -0.632. The number of aromatic nitrogens is 1. The first-order valence-electron chi connectivity index (χ1n) is 8.40. The van der Waals surface area contributed by atoms with Crippen molar-refractivity contribution in [1.82, 2.24) is 10.3 Å². The smallest absolute Gasteiger partial charge is 0.243 e. The number of carbonyl (C=O) groups is 2. The molecule has 154 valence electrons. The molecule has 2 amide bonds. The average Bonchev–Trinajstić information content (AvgIpc) is 2.65. The van der Waals surface area contributed by atoms with Crippen molar-refractivity contribution in [2.24, 2.45) is 11.7 Å². The number of hydrogen-bond acceptors (Lipinski definition) is 5. The van der Waals surface area contributed by atoms with Crippen LogP contribution >= 0.6 is 24.8 Å². The molecule has 0 aliphatic carbocycles. The van der Waals surface area contributed by atoms with Crippen LogP contribution in [-0.4, -0.2) is 29.4 Å². The monoisotopic (exact) mass is 428 g/mol. The second-order valence-electron chi connectivity index (χ2n) is 6.21. The summed E-state index contributed by atoms with van der Waals surface area (Å²) in [4.78, 5) is 27.8. The maximum absolute atomic E-state index is 12.0. The van der Waals surface area contributed by atoms with Crippen LogP contribution in [0.25, 0.3) is 0 Å². The SMILES string of the molecule is CC(C)[C@H](N)C(=O)NCC(=O)Nc1cccc(OCc2cccnc2)c1.Cl.Cl. The normalized spacial score (nSPS) is 10.9. The Labute approximate surface area is 177 Å². The number of nitrogens with two attached hydrogens (primary N) is 1. The third-order valence-electron chi connectivity index (χ3n) is 3.69. The fourth-order valence-corrected chi connectivity index (χ4v) is 2.11. The van der Waals surface area contributed by atoms with E-state index in [9.17, 15) is 9.59 Å². The molecule has 1 aromatic carbocycles. The maximum atomic E-state index is 12.0. The molecule has 1 atom stereocenters. The zero-order valence-electron chi connectivity index (χ0n) is 15.8. The van der Waals surface area contributed by atoms with Gasteiger partial charge in [0.1, 0.15) is 12.4 Å². The topological polar surface area (TPSA) is 106 Å². The summed E-state index contributed by atoms with van der Waals surface area (Å²) in [6.07, 6.45) is 3.43. The van der Waals surface area contributed by atoms with E-state index in [0.29, 0.717) is 18.0 Å². The van der Waals surface area contributed by atoms with Gasteiger partial charge >= 0.3 is 0 Å². The zero-order chi connectivity index (χ0) is 18.9. The summed E-state index contributed by atoms with van der Waals surface area (Å²) in [5, 5.41) is 5.25. The largest absolute Gasteiger partial charge is 0.489 e. The van der Waals surface area contributed by atoms with Crippen molar-refractivity contribution in [3.63, 3.8) is 0 Å². The summed E-state index contributed by atoms with van der Waals surface area (Å²) < 4.78 is 5.69. The molecule has 0 spiro atoms. The number of amides is 2. The van der Waals surface area contributed by atoms with Crippen molar-refractivity contribution in [2.45, 2.75) is 26.5 Å². The highest BCUT2D eigenvalue weighted by atomic mass is 35.5. The average molecular weight is 429 g/mol. The van der Waals surface area contributed by atoms with E-state index in [1.165, 1.54) is 0 Å². The number of anilines is 1. The summed E-state index contributed by atoms with van der Waals surface area (Å²) in [5.74, 6) is -0.0494. The number of rotatable bonds is 8. The van der Waals surface area contributed by atoms with E-state index in [4.69, 9.17) is 10.5 Å². The standard InChI is InChI=1S/C19H24N4O3.2ClH/c1-13(2)18(20)19(25)22-11-17(24)23-15-6-3-7-16(9-15)26-12-14-5-4-8-21-10-14;;/h3-10,13,18H,11-12,20H2,1-2H3,(H,22,25)(H,23,24);2*1H/t18-;;/m0../s1. The molecule has 0 aliphatic rings. The lowest BCUT2D eigenvalue weighted by molar-refractivity contribution is -0.125. The van der Waals surface area contributed by atoms with E-state index in [1.54, 1.807) is 36.7 Å².